The van der Waals surface area contributed by atoms with Crippen LogP contribution in [0.5, 0.6) is 0 Å². The molecular weight excluding hydrogens is 324 g/mol. The van der Waals surface area contributed by atoms with Gasteiger partial charge in [-0.2, -0.15) is 0 Å². The van der Waals surface area contributed by atoms with E-state index in [1.807, 2.05) is 48.5 Å². The zero-order valence-electron chi connectivity index (χ0n) is 12.4. The largest absolute Gasteiger partial charge is 0.438 e. The van der Waals surface area contributed by atoms with E-state index in [9.17, 15) is 4.79 Å². The fourth-order valence-corrected chi connectivity index (χ4v) is 3.97. The van der Waals surface area contributed by atoms with Crippen molar-refractivity contribution in [3.8, 4) is 0 Å². The number of hydrazone groups is 1. The molecule has 0 aliphatic carbocycles. The van der Waals surface area contributed by atoms with Gasteiger partial charge in [-0.1, -0.05) is 30.3 Å². The Balaban J connectivity index is 1.43. The van der Waals surface area contributed by atoms with Crippen LogP contribution in [-0.4, -0.2) is 16.8 Å². The lowest BCUT2D eigenvalue weighted by atomic mass is 10.1. The molecule has 0 bridgehead atoms. The molecule has 3 aromatic rings. The minimum atomic E-state index is -1.26. The van der Waals surface area contributed by atoms with E-state index in [0.29, 0.717) is 12.3 Å². The standard InChI is InChI=1S/C17H12N4O2S/c22-16-17(10-5-1-2-6-11(10)19-16)21-20-14(23-17)9-15-18-12-7-3-4-8-13(12)24-15/h1-8,21H,9H2,(H,19,22)/t17-/m1/s1. The summed E-state index contributed by atoms with van der Waals surface area (Å²) in [5.41, 5.74) is 4.06. The van der Waals surface area contributed by atoms with E-state index in [-0.39, 0.29) is 5.91 Å². The molecule has 1 atom stereocenters. The summed E-state index contributed by atoms with van der Waals surface area (Å²) >= 11 is 1.60. The first-order chi connectivity index (χ1) is 11.7. The Morgan fingerprint density at radius 1 is 1.12 bits per heavy atom. The van der Waals surface area contributed by atoms with Crippen molar-refractivity contribution in [1.29, 1.82) is 0 Å². The van der Waals surface area contributed by atoms with Gasteiger partial charge in [0.1, 0.15) is 5.01 Å². The van der Waals surface area contributed by atoms with E-state index in [2.05, 4.69) is 20.8 Å². The fourth-order valence-electron chi connectivity index (χ4n) is 3.01. The molecule has 0 saturated carbocycles. The Labute approximate surface area is 141 Å². The number of carbonyl (C=O) groups is 1. The zero-order valence-corrected chi connectivity index (χ0v) is 13.3. The quantitative estimate of drug-likeness (QED) is 0.754. The predicted molar refractivity (Wildman–Crippen MR) is 91.7 cm³/mol. The van der Waals surface area contributed by atoms with Gasteiger partial charge in [-0.25, -0.2) is 4.98 Å². The third-order valence-corrected chi connectivity index (χ3v) is 5.16. The van der Waals surface area contributed by atoms with Gasteiger partial charge in [0.15, 0.2) is 0 Å². The monoisotopic (exact) mass is 336 g/mol. The second kappa shape index (κ2) is 4.78. The van der Waals surface area contributed by atoms with Gasteiger partial charge in [-0.05, 0) is 18.2 Å². The summed E-state index contributed by atoms with van der Waals surface area (Å²) < 4.78 is 7.06. The summed E-state index contributed by atoms with van der Waals surface area (Å²) in [6, 6.07) is 15.4. The van der Waals surface area contributed by atoms with Crippen LogP contribution in [0.25, 0.3) is 10.2 Å². The van der Waals surface area contributed by atoms with E-state index in [1.165, 1.54) is 0 Å². The number of thiazole rings is 1. The predicted octanol–water partition coefficient (Wildman–Crippen LogP) is 2.58. The van der Waals surface area contributed by atoms with Crippen molar-refractivity contribution in [3.63, 3.8) is 0 Å². The first kappa shape index (κ1) is 13.5. The number of rotatable bonds is 2. The topological polar surface area (TPSA) is 75.6 Å². The molecule has 118 valence electrons. The number of ether oxygens (including phenoxy) is 1. The van der Waals surface area contributed by atoms with Crippen LogP contribution in [-0.2, 0) is 21.7 Å². The first-order valence-corrected chi connectivity index (χ1v) is 8.34. The molecule has 2 N–H and O–H groups in total. The molecule has 2 aliphatic rings. The Bertz CT molecular complexity index is 980. The van der Waals surface area contributed by atoms with E-state index >= 15 is 0 Å². The molecule has 5 rings (SSSR count). The Morgan fingerprint density at radius 2 is 1.96 bits per heavy atom. The summed E-state index contributed by atoms with van der Waals surface area (Å²) in [6.45, 7) is 0. The van der Waals surface area contributed by atoms with Crippen LogP contribution in [0.2, 0.25) is 0 Å². The van der Waals surface area contributed by atoms with Crippen LogP contribution in [0, 0.1) is 0 Å². The highest BCUT2D eigenvalue weighted by Gasteiger charge is 2.53. The molecule has 3 heterocycles. The molecular formula is C17H12N4O2S. The number of aromatic nitrogens is 1. The van der Waals surface area contributed by atoms with Gasteiger partial charge in [0.05, 0.1) is 27.9 Å². The number of carbonyl (C=O) groups excluding carboxylic acids is 1. The maximum Gasteiger partial charge on any atom is 0.304 e. The first-order valence-electron chi connectivity index (χ1n) is 7.53. The molecule has 0 saturated heterocycles. The minimum absolute atomic E-state index is 0.258. The number of fused-ring (bicyclic) bond motifs is 3. The number of para-hydroxylation sites is 2. The third-order valence-electron chi connectivity index (χ3n) is 4.12. The SMILES string of the molecule is O=C1Nc2ccccc2[C@]12NN=C(Cc1nc3ccccc3s1)O2. The molecule has 0 unspecified atom stereocenters. The van der Waals surface area contributed by atoms with Crippen molar-refractivity contribution in [3.05, 3.63) is 59.1 Å². The lowest BCUT2D eigenvalue weighted by Gasteiger charge is -2.20. The Morgan fingerprint density at radius 3 is 2.88 bits per heavy atom. The van der Waals surface area contributed by atoms with Gasteiger partial charge in [0, 0.05) is 0 Å². The average Bonchev–Trinajstić information content (AvgIpc) is 3.26. The second-order valence-electron chi connectivity index (χ2n) is 5.65. The normalized spacial score (nSPS) is 21.3. The molecule has 1 aromatic heterocycles. The Hall–Kier alpha value is -2.93. The van der Waals surface area contributed by atoms with Crippen molar-refractivity contribution in [2.45, 2.75) is 12.1 Å². The van der Waals surface area contributed by atoms with E-state index < -0.39 is 5.72 Å². The Kier molecular flexibility index (Phi) is 2.69. The van der Waals surface area contributed by atoms with Crippen LogP contribution in [0.3, 0.4) is 0 Å². The zero-order chi connectivity index (χ0) is 16.1. The van der Waals surface area contributed by atoms with Crippen LogP contribution in [0.1, 0.15) is 10.6 Å². The molecule has 1 amide bonds. The van der Waals surface area contributed by atoms with E-state index in [1.54, 1.807) is 11.3 Å². The number of hydrogen-bond acceptors (Lipinski definition) is 6. The highest BCUT2D eigenvalue weighted by molar-refractivity contribution is 7.18. The summed E-state index contributed by atoms with van der Waals surface area (Å²) in [7, 11) is 0. The number of benzene rings is 2. The van der Waals surface area contributed by atoms with E-state index in [0.717, 1.165) is 26.5 Å². The van der Waals surface area contributed by atoms with Crippen molar-refractivity contribution >= 4 is 39.0 Å². The van der Waals surface area contributed by atoms with Gasteiger partial charge in [0.25, 0.3) is 5.91 Å². The average molecular weight is 336 g/mol. The van der Waals surface area contributed by atoms with Crippen LogP contribution >= 0.6 is 11.3 Å². The molecule has 0 radical (unpaired) electrons. The molecule has 7 heteroatoms. The van der Waals surface area contributed by atoms with Gasteiger partial charge < -0.3 is 10.1 Å². The van der Waals surface area contributed by atoms with Gasteiger partial charge >= 0.3 is 5.72 Å². The smallest absolute Gasteiger partial charge is 0.304 e. The lowest BCUT2D eigenvalue weighted by molar-refractivity contribution is -0.133. The van der Waals surface area contributed by atoms with Crippen LogP contribution < -0.4 is 10.7 Å². The highest BCUT2D eigenvalue weighted by Crippen LogP contribution is 2.39. The lowest BCUT2D eigenvalue weighted by Crippen LogP contribution is -2.44. The molecule has 0 fully saturated rings. The van der Waals surface area contributed by atoms with Crippen molar-refractivity contribution in [1.82, 2.24) is 10.4 Å². The fraction of sp³-hybridized carbons (Fsp3) is 0.118. The summed E-state index contributed by atoms with van der Waals surface area (Å²) in [6.07, 6.45) is 0.448. The molecule has 6 nitrogen and oxygen atoms in total. The number of nitrogens with one attached hydrogen (secondary N) is 2. The summed E-state index contributed by atoms with van der Waals surface area (Å²) in [5, 5.41) is 7.96. The van der Waals surface area contributed by atoms with Crippen LogP contribution in [0.4, 0.5) is 5.69 Å². The molecule has 2 aliphatic heterocycles. The number of hydrogen-bond donors (Lipinski definition) is 2. The minimum Gasteiger partial charge on any atom is -0.438 e. The van der Waals surface area contributed by atoms with Gasteiger partial charge in [-0.15, -0.1) is 16.4 Å². The van der Waals surface area contributed by atoms with Gasteiger partial charge in [-0.3, -0.25) is 10.2 Å². The highest BCUT2D eigenvalue weighted by atomic mass is 32.1. The van der Waals surface area contributed by atoms with Gasteiger partial charge in [0.2, 0.25) is 5.90 Å². The van der Waals surface area contributed by atoms with Crippen molar-refractivity contribution in [2.75, 3.05) is 5.32 Å². The van der Waals surface area contributed by atoms with Crippen molar-refractivity contribution < 1.29 is 9.53 Å². The number of amides is 1. The third kappa shape index (κ3) is 1.85. The van der Waals surface area contributed by atoms with Crippen LogP contribution in [0.15, 0.2) is 53.6 Å². The van der Waals surface area contributed by atoms with E-state index in [4.69, 9.17) is 4.74 Å². The second-order valence-corrected chi connectivity index (χ2v) is 6.77. The summed E-state index contributed by atoms with van der Waals surface area (Å²) in [4.78, 5) is 17.0. The molecule has 1 spiro atoms. The molecule has 2 aromatic carbocycles. The maximum absolute atomic E-state index is 12.4. The number of nitrogens with zero attached hydrogens (tertiary/aromatic N) is 2. The molecule has 24 heavy (non-hydrogen) atoms. The summed E-state index contributed by atoms with van der Waals surface area (Å²) in [5.74, 6) is 0.202. The van der Waals surface area contributed by atoms with Crippen molar-refractivity contribution in [2.24, 2.45) is 5.10 Å². The maximum atomic E-state index is 12.4. The number of anilines is 1.